The number of fused-ring (bicyclic) bond motifs is 2. The Morgan fingerprint density at radius 3 is 2.70 bits per heavy atom. The number of pyridine rings is 2. The second kappa shape index (κ2) is 8.12. The summed E-state index contributed by atoms with van der Waals surface area (Å²) in [6, 6.07) is 13.6. The summed E-state index contributed by atoms with van der Waals surface area (Å²) in [5.41, 5.74) is 4.48. The van der Waals surface area contributed by atoms with Crippen molar-refractivity contribution in [2.75, 3.05) is 6.54 Å². The molecule has 4 aromatic heterocycles. The summed E-state index contributed by atoms with van der Waals surface area (Å²) in [7, 11) is 0. The third-order valence-electron chi connectivity index (χ3n) is 5.50. The first-order valence-electron chi connectivity index (χ1n) is 10.9. The van der Waals surface area contributed by atoms with Crippen LogP contribution in [-0.4, -0.2) is 42.0 Å². The topological polar surface area (TPSA) is 101 Å². The fourth-order valence-corrected chi connectivity index (χ4v) is 3.88. The van der Waals surface area contributed by atoms with E-state index in [-0.39, 0.29) is 11.3 Å². The summed E-state index contributed by atoms with van der Waals surface area (Å²) >= 11 is 0. The molecule has 1 amide bonds. The van der Waals surface area contributed by atoms with Crippen molar-refractivity contribution in [3.63, 3.8) is 0 Å². The molecule has 0 aliphatic rings. The minimum atomic E-state index is -0.234. The molecule has 0 atom stereocenters. The number of H-pyrrole nitrogens is 1. The Balaban J connectivity index is 1.45. The van der Waals surface area contributed by atoms with Crippen LogP contribution in [0.5, 0.6) is 0 Å². The molecule has 0 unspecified atom stereocenters. The molecule has 1 aromatic carbocycles. The van der Waals surface area contributed by atoms with Gasteiger partial charge in [0, 0.05) is 48.1 Å². The number of amides is 1. The Labute approximate surface area is 191 Å². The zero-order valence-corrected chi connectivity index (χ0v) is 18.8. The van der Waals surface area contributed by atoms with Crippen LogP contribution in [0.1, 0.15) is 42.8 Å². The molecule has 8 nitrogen and oxygen atoms in total. The number of para-hydroxylation sites is 2. The molecule has 8 heteroatoms. The zero-order valence-electron chi connectivity index (χ0n) is 18.8. The minimum Gasteiger partial charge on any atom is -0.351 e. The van der Waals surface area contributed by atoms with Gasteiger partial charge in [0.1, 0.15) is 11.6 Å². The van der Waals surface area contributed by atoms with Crippen molar-refractivity contribution in [1.29, 1.82) is 0 Å². The molecule has 5 aromatic rings. The smallest absolute Gasteiger partial charge is 0.255 e. The van der Waals surface area contributed by atoms with Gasteiger partial charge < -0.3 is 10.3 Å². The number of nitrogens with one attached hydrogen (secondary N) is 2. The molecule has 0 saturated carbocycles. The van der Waals surface area contributed by atoms with Crippen LogP contribution in [0.25, 0.3) is 27.8 Å². The van der Waals surface area contributed by atoms with Gasteiger partial charge in [-0.1, -0.05) is 39.0 Å². The van der Waals surface area contributed by atoms with Gasteiger partial charge in [-0.05, 0) is 24.3 Å². The highest BCUT2D eigenvalue weighted by atomic mass is 16.1. The van der Waals surface area contributed by atoms with E-state index in [0.717, 1.165) is 33.8 Å². The number of aromatic amines is 1. The lowest BCUT2D eigenvalue weighted by molar-refractivity contribution is 0.0955. The first kappa shape index (κ1) is 20.8. The summed E-state index contributed by atoms with van der Waals surface area (Å²) < 4.78 is 1.91. The normalized spacial score (nSPS) is 11.8. The van der Waals surface area contributed by atoms with Crippen molar-refractivity contribution in [1.82, 2.24) is 34.9 Å². The van der Waals surface area contributed by atoms with Crippen molar-refractivity contribution in [3.05, 3.63) is 78.3 Å². The lowest BCUT2D eigenvalue weighted by Crippen LogP contribution is -2.27. The highest BCUT2D eigenvalue weighted by molar-refractivity contribution is 6.01. The maximum Gasteiger partial charge on any atom is 0.255 e. The van der Waals surface area contributed by atoms with Gasteiger partial charge in [-0.2, -0.15) is 0 Å². The van der Waals surface area contributed by atoms with Gasteiger partial charge in [-0.3, -0.25) is 14.2 Å². The van der Waals surface area contributed by atoms with Gasteiger partial charge in [0.25, 0.3) is 5.91 Å². The third kappa shape index (κ3) is 4.07. The Hall–Kier alpha value is -4.07. The number of aromatic nitrogens is 6. The predicted molar refractivity (Wildman–Crippen MR) is 127 cm³/mol. The molecule has 0 radical (unpaired) electrons. The van der Waals surface area contributed by atoms with E-state index in [1.165, 1.54) is 0 Å². The lowest BCUT2D eigenvalue weighted by atomic mass is 9.95. The molecule has 4 heterocycles. The van der Waals surface area contributed by atoms with E-state index in [1.54, 1.807) is 12.4 Å². The predicted octanol–water partition coefficient (Wildman–Crippen LogP) is 3.94. The first-order valence-corrected chi connectivity index (χ1v) is 10.9. The summed E-state index contributed by atoms with van der Waals surface area (Å²) in [6.07, 6.45) is 6.08. The molecule has 0 bridgehead atoms. The number of benzene rings is 1. The van der Waals surface area contributed by atoms with Crippen LogP contribution < -0.4 is 5.32 Å². The summed E-state index contributed by atoms with van der Waals surface area (Å²) in [5.74, 6) is 1.43. The van der Waals surface area contributed by atoms with Gasteiger partial charge in [-0.15, -0.1) is 10.2 Å². The van der Waals surface area contributed by atoms with Gasteiger partial charge in [0.2, 0.25) is 0 Å². The van der Waals surface area contributed by atoms with Crippen LogP contribution in [0, 0.1) is 0 Å². The average molecular weight is 440 g/mol. The van der Waals surface area contributed by atoms with Crippen LogP contribution in [0.15, 0.2) is 61.1 Å². The number of hydrogen-bond donors (Lipinski definition) is 2. The van der Waals surface area contributed by atoms with Gasteiger partial charge in [0.05, 0.1) is 16.6 Å². The highest BCUT2D eigenvalue weighted by Crippen LogP contribution is 2.27. The van der Waals surface area contributed by atoms with Gasteiger partial charge in [0.15, 0.2) is 5.65 Å². The minimum absolute atomic E-state index is 0.199. The maximum atomic E-state index is 13.2. The second-order valence-corrected chi connectivity index (χ2v) is 9.06. The van der Waals surface area contributed by atoms with E-state index >= 15 is 0 Å². The molecule has 0 aliphatic heterocycles. The van der Waals surface area contributed by atoms with Crippen LogP contribution >= 0.6 is 0 Å². The number of nitrogens with zero attached hydrogens (tertiary/aromatic N) is 5. The number of imidazole rings is 1. The number of carbonyl (C=O) groups is 1. The monoisotopic (exact) mass is 439 g/mol. The summed E-state index contributed by atoms with van der Waals surface area (Å²) in [5, 5.41) is 11.8. The van der Waals surface area contributed by atoms with Crippen molar-refractivity contribution in [2.45, 2.75) is 32.6 Å². The number of rotatable bonds is 5. The zero-order chi connectivity index (χ0) is 23.0. The van der Waals surface area contributed by atoms with Crippen LogP contribution in [0.3, 0.4) is 0 Å². The van der Waals surface area contributed by atoms with Gasteiger partial charge >= 0.3 is 0 Å². The van der Waals surface area contributed by atoms with E-state index in [4.69, 9.17) is 0 Å². The van der Waals surface area contributed by atoms with E-state index in [9.17, 15) is 4.79 Å². The fourth-order valence-electron chi connectivity index (χ4n) is 3.88. The van der Waals surface area contributed by atoms with Crippen LogP contribution in [-0.2, 0) is 11.8 Å². The van der Waals surface area contributed by atoms with Gasteiger partial charge in [-0.25, -0.2) is 4.98 Å². The Morgan fingerprint density at radius 1 is 1.09 bits per heavy atom. The Morgan fingerprint density at radius 2 is 1.94 bits per heavy atom. The van der Waals surface area contributed by atoms with E-state index in [1.807, 2.05) is 53.1 Å². The molecule has 0 aliphatic carbocycles. The van der Waals surface area contributed by atoms with Crippen LogP contribution in [0.2, 0.25) is 0 Å². The van der Waals surface area contributed by atoms with E-state index < -0.39 is 0 Å². The highest BCUT2D eigenvalue weighted by Gasteiger charge is 2.24. The Bertz CT molecular complexity index is 1410. The average Bonchev–Trinajstić information content (AvgIpc) is 3.42. The first-order chi connectivity index (χ1) is 15.9. The van der Waals surface area contributed by atoms with Crippen molar-refractivity contribution in [3.8, 4) is 11.1 Å². The summed E-state index contributed by atoms with van der Waals surface area (Å²) in [4.78, 5) is 25.3. The number of hydrogen-bond acceptors (Lipinski definition) is 5. The lowest BCUT2D eigenvalue weighted by Gasteiger charge is -2.17. The molecule has 33 heavy (non-hydrogen) atoms. The molecule has 2 N–H and O–H groups in total. The van der Waals surface area contributed by atoms with Crippen molar-refractivity contribution in [2.24, 2.45) is 0 Å². The molecular formula is C25H25N7O. The Kier molecular flexibility index (Phi) is 5.12. The maximum absolute atomic E-state index is 13.2. The van der Waals surface area contributed by atoms with Crippen LogP contribution in [0.4, 0.5) is 0 Å². The molecule has 0 saturated heterocycles. The molecule has 5 rings (SSSR count). The summed E-state index contributed by atoms with van der Waals surface area (Å²) in [6.45, 7) is 6.68. The second-order valence-electron chi connectivity index (χ2n) is 9.06. The molecule has 166 valence electrons. The molecular weight excluding hydrogens is 414 g/mol. The van der Waals surface area contributed by atoms with Crippen molar-refractivity contribution >= 4 is 22.6 Å². The van der Waals surface area contributed by atoms with E-state index in [2.05, 4.69) is 51.2 Å². The number of carbonyl (C=O) groups excluding carboxylic acids is 1. The molecule has 0 fully saturated rings. The van der Waals surface area contributed by atoms with E-state index in [0.29, 0.717) is 24.2 Å². The SMILES string of the molecule is CC(C)(C)c1nnc2c(C(=O)NCCc3nc4ccccc4[nH]3)cc(-c3cccnc3)cn12. The fraction of sp³-hybridized carbons (Fsp3) is 0.240. The largest absolute Gasteiger partial charge is 0.351 e. The molecule has 0 spiro atoms. The standard InChI is InChI=1S/C25H25N7O/c1-25(2,3)24-31-30-22-18(13-17(15-32(22)24)16-7-6-11-26-14-16)23(33)27-12-10-21-28-19-8-4-5-9-20(19)29-21/h4-9,11,13-15H,10,12H2,1-3H3,(H,27,33)(H,28,29). The van der Waals surface area contributed by atoms with Crippen molar-refractivity contribution < 1.29 is 4.79 Å². The quantitative estimate of drug-likeness (QED) is 0.432. The third-order valence-corrected chi connectivity index (χ3v) is 5.50.